The molecule has 3 aromatic carbocycles. The SMILES string of the molecule is Cc1ccc(C(=O)c2ccccc2C(=O)Nc2cc(C)n(Cc3ccc(Cl)cc3)n2)cc1. The number of anilines is 1. The maximum Gasteiger partial charge on any atom is 0.257 e. The van der Waals surface area contributed by atoms with Crippen molar-refractivity contribution in [1.82, 2.24) is 9.78 Å². The summed E-state index contributed by atoms with van der Waals surface area (Å²) in [4.78, 5) is 26.0. The van der Waals surface area contributed by atoms with Crippen molar-refractivity contribution in [3.63, 3.8) is 0 Å². The predicted octanol–water partition coefficient (Wildman–Crippen LogP) is 5.68. The van der Waals surface area contributed by atoms with Crippen molar-refractivity contribution >= 4 is 29.1 Å². The smallest absolute Gasteiger partial charge is 0.257 e. The topological polar surface area (TPSA) is 64.0 Å². The highest BCUT2D eigenvalue weighted by atomic mass is 35.5. The van der Waals surface area contributed by atoms with Crippen molar-refractivity contribution in [3.8, 4) is 0 Å². The van der Waals surface area contributed by atoms with Crippen molar-refractivity contribution in [3.05, 3.63) is 117 Å². The average Bonchev–Trinajstić information content (AvgIpc) is 3.13. The molecule has 0 atom stereocenters. The lowest BCUT2D eigenvalue weighted by molar-refractivity contribution is 0.0996. The van der Waals surface area contributed by atoms with E-state index in [1.807, 2.05) is 54.9 Å². The van der Waals surface area contributed by atoms with Gasteiger partial charge >= 0.3 is 0 Å². The van der Waals surface area contributed by atoms with Gasteiger partial charge in [-0.3, -0.25) is 14.3 Å². The molecule has 5 nitrogen and oxygen atoms in total. The number of hydrogen-bond acceptors (Lipinski definition) is 3. The highest BCUT2D eigenvalue weighted by Gasteiger charge is 2.19. The molecule has 4 aromatic rings. The zero-order valence-electron chi connectivity index (χ0n) is 17.8. The number of carbonyl (C=O) groups excluding carboxylic acids is 2. The van der Waals surface area contributed by atoms with E-state index in [1.54, 1.807) is 42.5 Å². The second-order valence-corrected chi connectivity index (χ2v) is 8.09. The van der Waals surface area contributed by atoms with Crippen LogP contribution in [0.25, 0.3) is 0 Å². The number of aryl methyl sites for hydroxylation is 2. The molecule has 0 aliphatic rings. The van der Waals surface area contributed by atoms with Crippen molar-refractivity contribution in [2.45, 2.75) is 20.4 Å². The van der Waals surface area contributed by atoms with Gasteiger partial charge in [0.05, 0.1) is 12.1 Å². The van der Waals surface area contributed by atoms with Crippen molar-refractivity contribution in [1.29, 1.82) is 0 Å². The molecular weight excluding hydrogens is 422 g/mol. The molecule has 32 heavy (non-hydrogen) atoms. The molecule has 6 heteroatoms. The summed E-state index contributed by atoms with van der Waals surface area (Å²) in [5.74, 6) is -0.142. The van der Waals surface area contributed by atoms with Crippen LogP contribution in [0.1, 0.15) is 43.1 Å². The summed E-state index contributed by atoms with van der Waals surface area (Å²) in [5.41, 5.74) is 4.22. The van der Waals surface area contributed by atoms with Gasteiger partial charge in [0.15, 0.2) is 11.6 Å². The fraction of sp³-hybridized carbons (Fsp3) is 0.115. The quantitative estimate of drug-likeness (QED) is 0.389. The first kappa shape index (κ1) is 21.5. The number of amides is 1. The molecule has 1 heterocycles. The Morgan fingerprint density at radius 3 is 2.25 bits per heavy atom. The van der Waals surface area contributed by atoms with E-state index in [2.05, 4.69) is 10.4 Å². The average molecular weight is 444 g/mol. The minimum Gasteiger partial charge on any atom is -0.305 e. The van der Waals surface area contributed by atoms with Gasteiger partial charge in [0.1, 0.15) is 0 Å². The molecule has 0 saturated heterocycles. The Hall–Kier alpha value is -3.70. The standard InChI is InChI=1S/C26H22ClN3O2/c1-17-7-11-20(12-8-17)25(31)22-5-3-4-6-23(22)26(32)28-24-15-18(2)30(29-24)16-19-9-13-21(27)14-10-19/h3-15H,16H2,1-2H3,(H,28,29,32). The summed E-state index contributed by atoms with van der Waals surface area (Å²) in [6, 6.07) is 23.5. The molecule has 0 aliphatic heterocycles. The number of benzene rings is 3. The van der Waals surface area contributed by atoms with Gasteiger partial charge in [0, 0.05) is 27.9 Å². The third kappa shape index (κ3) is 4.79. The zero-order chi connectivity index (χ0) is 22.7. The Balaban J connectivity index is 1.54. The van der Waals surface area contributed by atoms with Gasteiger partial charge in [0.2, 0.25) is 0 Å². The number of rotatable bonds is 6. The summed E-state index contributed by atoms with van der Waals surface area (Å²) >= 11 is 5.95. The van der Waals surface area contributed by atoms with E-state index >= 15 is 0 Å². The third-order valence-electron chi connectivity index (χ3n) is 5.20. The lowest BCUT2D eigenvalue weighted by Crippen LogP contribution is -2.17. The second kappa shape index (κ2) is 9.20. The van der Waals surface area contributed by atoms with Crippen molar-refractivity contribution in [2.75, 3.05) is 5.32 Å². The molecule has 0 spiro atoms. The summed E-state index contributed by atoms with van der Waals surface area (Å²) in [6.07, 6.45) is 0. The van der Waals surface area contributed by atoms with Gasteiger partial charge in [-0.05, 0) is 37.6 Å². The molecule has 1 amide bonds. The van der Waals surface area contributed by atoms with Crippen molar-refractivity contribution in [2.24, 2.45) is 0 Å². The molecular formula is C26H22ClN3O2. The molecule has 1 N–H and O–H groups in total. The van der Waals surface area contributed by atoms with Gasteiger partial charge in [0.25, 0.3) is 5.91 Å². The van der Waals surface area contributed by atoms with Crippen LogP contribution in [0.5, 0.6) is 0 Å². The first-order chi connectivity index (χ1) is 15.4. The predicted molar refractivity (Wildman–Crippen MR) is 127 cm³/mol. The fourth-order valence-corrected chi connectivity index (χ4v) is 3.54. The number of nitrogens with zero attached hydrogens (tertiary/aromatic N) is 2. The molecule has 0 saturated carbocycles. The number of aromatic nitrogens is 2. The van der Waals surface area contributed by atoms with Crippen LogP contribution < -0.4 is 5.32 Å². The Labute approximate surface area is 191 Å². The van der Waals surface area contributed by atoms with E-state index in [1.165, 1.54) is 0 Å². The van der Waals surface area contributed by atoms with Crippen molar-refractivity contribution < 1.29 is 9.59 Å². The first-order valence-electron chi connectivity index (χ1n) is 10.2. The normalized spacial score (nSPS) is 10.7. The maximum absolute atomic E-state index is 13.0. The zero-order valence-corrected chi connectivity index (χ0v) is 18.6. The van der Waals surface area contributed by atoms with Crippen LogP contribution in [0.2, 0.25) is 5.02 Å². The molecule has 0 aliphatic carbocycles. The van der Waals surface area contributed by atoms with Crippen LogP contribution in [0.4, 0.5) is 5.82 Å². The minimum atomic E-state index is -0.378. The Kier molecular flexibility index (Phi) is 6.19. The number of hydrogen-bond donors (Lipinski definition) is 1. The van der Waals surface area contributed by atoms with Gasteiger partial charge in [-0.25, -0.2) is 0 Å². The second-order valence-electron chi connectivity index (χ2n) is 7.65. The summed E-state index contributed by atoms with van der Waals surface area (Å²) in [6.45, 7) is 4.44. The molecule has 0 bridgehead atoms. The highest BCUT2D eigenvalue weighted by molar-refractivity contribution is 6.30. The van der Waals surface area contributed by atoms with E-state index < -0.39 is 0 Å². The largest absolute Gasteiger partial charge is 0.305 e. The van der Waals surface area contributed by atoms with E-state index in [4.69, 9.17) is 11.6 Å². The van der Waals surface area contributed by atoms with Crippen LogP contribution in [0, 0.1) is 13.8 Å². The maximum atomic E-state index is 13.0. The van der Waals surface area contributed by atoms with Crippen LogP contribution in [-0.2, 0) is 6.54 Å². The summed E-state index contributed by atoms with van der Waals surface area (Å²) in [7, 11) is 0. The number of halogens is 1. The Bertz CT molecular complexity index is 1280. The summed E-state index contributed by atoms with van der Waals surface area (Å²) in [5, 5.41) is 8.01. The fourth-order valence-electron chi connectivity index (χ4n) is 3.42. The van der Waals surface area contributed by atoms with Gasteiger partial charge in [-0.15, -0.1) is 0 Å². The van der Waals surface area contributed by atoms with Crippen LogP contribution >= 0.6 is 11.6 Å². The molecule has 4 rings (SSSR count). The van der Waals surface area contributed by atoms with Gasteiger partial charge in [-0.1, -0.05) is 71.8 Å². The van der Waals surface area contributed by atoms with E-state index in [9.17, 15) is 9.59 Å². The van der Waals surface area contributed by atoms with E-state index in [0.717, 1.165) is 16.8 Å². The Morgan fingerprint density at radius 1 is 0.906 bits per heavy atom. The lowest BCUT2D eigenvalue weighted by atomic mass is 9.97. The number of nitrogens with one attached hydrogen (secondary N) is 1. The van der Waals surface area contributed by atoms with E-state index in [-0.39, 0.29) is 11.7 Å². The monoisotopic (exact) mass is 443 g/mol. The third-order valence-corrected chi connectivity index (χ3v) is 5.45. The molecule has 0 radical (unpaired) electrons. The highest BCUT2D eigenvalue weighted by Crippen LogP contribution is 2.18. The first-order valence-corrected chi connectivity index (χ1v) is 10.6. The number of carbonyl (C=O) groups is 2. The molecule has 0 unspecified atom stereocenters. The van der Waals surface area contributed by atoms with Crippen LogP contribution in [-0.4, -0.2) is 21.5 Å². The van der Waals surface area contributed by atoms with Gasteiger partial charge in [-0.2, -0.15) is 5.10 Å². The lowest BCUT2D eigenvalue weighted by Gasteiger charge is -2.09. The Morgan fingerprint density at radius 2 is 1.56 bits per heavy atom. The summed E-state index contributed by atoms with van der Waals surface area (Å²) < 4.78 is 1.81. The molecule has 160 valence electrons. The van der Waals surface area contributed by atoms with E-state index in [0.29, 0.717) is 34.1 Å². The van der Waals surface area contributed by atoms with Crippen LogP contribution in [0.15, 0.2) is 78.9 Å². The minimum absolute atomic E-state index is 0.194. The van der Waals surface area contributed by atoms with Gasteiger partial charge < -0.3 is 5.32 Å². The van der Waals surface area contributed by atoms with Crippen LogP contribution in [0.3, 0.4) is 0 Å². The molecule has 0 fully saturated rings. The molecule has 1 aromatic heterocycles. The number of ketones is 1.